The van der Waals surface area contributed by atoms with Crippen LogP contribution in [-0.4, -0.2) is 15.7 Å². The van der Waals surface area contributed by atoms with Crippen LogP contribution in [0, 0.1) is 6.92 Å². The largest absolute Gasteiger partial charge is 0.345 e. The Morgan fingerprint density at radius 2 is 2.05 bits per heavy atom. The summed E-state index contributed by atoms with van der Waals surface area (Å²) in [5, 5.41) is 8.45. The molecule has 0 saturated carbocycles. The lowest BCUT2D eigenvalue weighted by Gasteiger charge is -2.13. The van der Waals surface area contributed by atoms with Gasteiger partial charge in [-0.3, -0.25) is 9.48 Å². The second-order valence-corrected chi connectivity index (χ2v) is 6.17. The molecule has 0 aliphatic rings. The number of carbonyl (C=O) groups excluding carboxylic acids is 1. The molecule has 1 N–H and O–H groups in total. The van der Waals surface area contributed by atoms with Crippen molar-refractivity contribution >= 4 is 27.5 Å². The Morgan fingerprint density at radius 1 is 1.33 bits per heavy atom. The minimum absolute atomic E-state index is 0.0110. The summed E-state index contributed by atoms with van der Waals surface area (Å²) in [6.07, 6.45) is 0. The molecule has 21 heavy (non-hydrogen) atoms. The molecule has 3 rings (SSSR count). The molecular formula is C16H17N3OS. The van der Waals surface area contributed by atoms with Gasteiger partial charge in [0, 0.05) is 12.4 Å². The quantitative estimate of drug-likeness (QED) is 0.805. The zero-order chi connectivity index (χ0) is 15.0. The predicted octanol–water partition coefficient (Wildman–Crippen LogP) is 3.43. The maximum absolute atomic E-state index is 12.4. The molecule has 3 aromatic rings. The Kier molecular flexibility index (Phi) is 3.51. The van der Waals surface area contributed by atoms with Crippen molar-refractivity contribution in [3.63, 3.8) is 0 Å². The number of aromatic nitrogens is 2. The van der Waals surface area contributed by atoms with E-state index < -0.39 is 0 Å². The second-order valence-electron chi connectivity index (χ2n) is 5.14. The molecule has 0 aliphatic heterocycles. The molecule has 108 valence electrons. The molecule has 1 aromatic carbocycles. The molecule has 1 atom stereocenters. The van der Waals surface area contributed by atoms with Crippen LogP contribution in [-0.2, 0) is 7.05 Å². The molecule has 1 unspecified atom stereocenters. The first-order chi connectivity index (χ1) is 10.1. The average molecular weight is 299 g/mol. The van der Waals surface area contributed by atoms with E-state index in [1.165, 1.54) is 11.3 Å². The number of fused-ring (bicyclic) bond motifs is 1. The van der Waals surface area contributed by atoms with E-state index in [9.17, 15) is 4.79 Å². The van der Waals surface area contributed by atoms with Gasteiger partial charge in [0.2, 0.25) is 0 Å². The van der Waals surface area contributed by atoms with Gasteiger partial charge in [0.25, 0.3) is 5.91 Å². The zero-order valence-corrected chi connectivity index (χ0v) is 13.1. The van der Waals surface area contributed by atoms with Gasteiger partial charge in [0.05, 0.1) is 16.6 Å². The van der Waals surface area contributed by atoms with Crippen molar-refractivity contribution in [2.24, 2.45) is 7.05 Å². The van der Waals surface area contributed by atoms with Gasteiger partial charge < -0.3 is 5.32 Å². The summed E-state index contributed by atoms with van der Waals surface area (Å²) in [7, 11) is 1.90. The number of rotatable bonds is 3. The number of benzene rings is 1. The number of carbonyl (C=O) groups is 1. The van der Waals surface area contributed by atoms with E-state index in [2.05, 4.69) is 10.4 Å². The SMILES string of the molecule is Cc1nn(C)c2sc(C(=O)NC(C)c3ccccc3)cc12. The van der Waals surface area contributed by atoms with Gasteiger partial charge >= 0.3 is 0 Å². The van der Waals surface area contributed by atoms with E-state index in [0.717, 1.165) is 26.4 Å². The predicted molar refractivity (Wildman–Crippen MR) is 85.7 cm³/mol. The summed E-state index contributed by atoms with van der Waals surface area (Å²) >= 11 is 1.48. The number of nitrogens with zero attached hydrogens (tertiary/aromatic N) is 2. The van der Waals surface area contributed by atoms with Crippen LogP contribution in [0.2, 0.25) is 0 Å². The number of amides is 1. The van der Waals surface area contributed by atoms with Crippen molar-refractivity contribution in [1.29, 1.82) is 0 Å². The first-order valence-corrected chi connectivity index (χ1v) is 7.67. The molecule has 0 fully saturated rings. The Balaban J connectivity index is 1.82. The van der Waals surface area contributed by atoms with Crippen molar-refractivity contribution in [1.82, 2.24) is 15.1 Å². The van der Waals surface area contributed by atoms with E-state index in [1.807, 2.05) is 62.0 Å². The standard InChI is InChI=1S/C16H17N3OS/c1-10(12-7-5-4-6-8-12)17-15(20)14-9-13-11(2)18-19(3)16(13)21-14/h4-10H,1-3H3,(H,17,20). The van der Waals surface area contributed by atoms with Crippen molar-refractivity contribution in [3.8, 4) is 0 Å². The number of aryl methyl sites for hydroxylation is 2. The van der Waals surface area contributed by atoms with E-state index in [-0.39, 0.29) is 11.9 Å². The zero-order valence-electron chi connectivity index (χ0n) is 12.3. The molecule has 0 spiro atoms. The van der Waals surface area contributed by atoms with Gasteiger partial charge in [-0.1, -0.05) is 30.3 Å². The van der Waals surface area contributed by atoms with Crippen molar-refractivity contribution in [2.45, 2.75) is 19.9 Å². The highest BCUT2D eigenvalue weighted by atomic mass is 32.1. The van der Waals surface area contributed by atoms with Crippen molar-refractivity contribution in [3.05, 3.63) is 52.5 Å². The fraction of sp³-hybridized carbons (Fsp3) is 0.250. The fourth-order valence-electron chi connectivity index (χ4n) is 2.41. The van der Waals surface area contributed by atoms with Gasteiger partial charge in [-0.15, -0.1) is 11.3 Å². The van der Waals surface area contributed by atoms with Crippen LogP contribution in [0.3, 0.4) is 0 Å². The van der Waals surface area contributed by atoms with Crippen molar-refractivity contribution < 1.29 is 4.79 Å². The molecule has 0 bridgehead atoms. The van der Waals surface area contributed by atoms with Crippen LogP contribution in [0.25, 0.3) is 10.2 Å². The second kappa shape index (κ2) is 5.33. The number of thiophene rings is 1. The Morgan fingerprint density at radius 3 is 2.71 bits per heavy atom. The first-order valence-electron chi connectivity index (χ1n) is 6.85. The third kappa shape index (κ3) is 2.56. The minimum atomic E-state index is -0.0352. The van der Waals surface area contributed by atoms with Crippen LogP contribution >= 0.6 is 11.3 Å². The third-order valence-corrected chi connectivity index (χ3v) is 4.77. The summed E-state index contributed by atoms with van der Waals surface area (Å²) < 4.78 is 1.83. The highest BCUT2D eigenvalue weighted by Crippen LogP contribution is 2.28. The summed E-state index contributed by atoms with van der Waals surface area (Å²) in [6, 6.07) is 11.9. The van der Waals surface area contributed by atoms with E-state index in [0.29, 0.717) is 0 Å². The maximum Gasteiger partial charge on any atom is 0.261 e. The number of hydrogen-bond acceptors (Lipinski definition) is 3. The maximum atomic E-state index is 12.4. The van der Waals surface area contributed by atoms with Gasteiger partial charge in [-0.25, -0.2) is 0 Å². The number of hydrogen-bond donors (Lipinski definition) is 1. The third-order valence-electron chi connectivity index (χ3n) is 3.57. The van der Waals surface area contributed by atoms with E-state index >= 15 is 0 Å². The highest BCUT2D eigenvalue weighted by Gasteiger charge is 2.17. The summed E-state index contributed by atoms with van der Waals surface area (Å²) in [5.41, 5.74) is 2.06. The lowest BCUT2D eigenvalue weighted by Crippen LogP contribution is -2.25. The molecule has 5 heteroatoms. The average Bonchev–Trinajstić information content (AvgIpc) is 3.02. The van der Waals surface area contributed by atoms with Gasteiger partial charge in [0.1, 0.15) is 4.83 Å². The smallest absolute Gasteiger partial charge is 0.261 e. The van der Waals surface area contributed by atoms with Gasteiger partial charge in [-0.2, -0.15) is 5.10 Å². The highest BCUT2D eigenvalue weighted by molar-refractivity contribution is 7.20. The van der Waals surface area contributed by atoms with Crippen LogP contribution in [0.5, 0.6) is 0 Å². The molecule has 2 heterocycles. The molecule has 0 saturated heterocycles. The number of nitrogens with one attached hydrogen (secondary N) is 1. The van der Waals surface area contributed by atoms with Crippen LogP contribution in [0.15, 0.2) is 36.4 Å². The fourth-order valence-corrected chi connectivity index (χ4v) is 3.44. The molecule has 2 aromatic heterocycles. The van der Waals surface area contributed by atoms with E-state index in [4.69, 9.17) is 0 Å². The molecule has 1 amide bonds. The van der Waals surface area contributed by atoms with Crippen LogP contribution in [0.1, 0.15) is 33.9 Å². The lowest BCUT2D eigenvalue weighted by atomic mass is 10.1. The molecule has 0 aliphatic carbocycles. The minimum Gasteiger partial charge on any atom is -0.345 e. The first kappa shape index (κ1) is 13.8. The van der Waals surface area contributed by atoms with Crippen LogP contribution < -0.4 is 5.32 Å². The summed E-state index contributed by atoms with van der Waals surface area (Å²) in [4.78, 5) is 14.1. The van der Waals surface area contributed by atoms with Crippen LogP contribution in [0.4, 0.5) is 0 Å². The summed E-state index contributed by atoms with van der Waals surface area (Å²) in [6.45, 7) is 3.96. The van der Waals surface area contributed by atoms with Crippen molar-refractivity contribution in [2.75, 3.05) is 0 Å². The van der Waals surface area contributed by atoms with Gasteiger partial charge in [0.15, 0.2) is 0 Å². The normalized spacial score (nSPS) is 12.5. The Bertz CT molecular complexity index is 754. The lowest BCUT2D eigenvalue weighted by molar-refractivity contribution is 0.0944. The summed E-state index contributed by atoms with van der Waals surface area (Å²) in [5.74, 6) is -0.0352. The molecular weight excluding hydrogens is 282 g/mol. The monoisotopic (exact) mass is 299 g/mol. The van der Waals surface area contributed by atoms with Gasteiger partial charge in [-0.05, 0) is 25.5 Å². The Labute approximate surface area is 127 Å². The molecule has 4 nitrogen and oxygen atoms in total. The molecule has 0 radical (unpaired) electrons. The Hall–Kier alpha value is -2.14. The van der Waals surface area contributed by atoms with E-state index in [1.54, 1.807) is 0 Å². The topological polar surface area (TPSA) is 46.9 Å².